The summed E-state index contributed by atoms with van der Waals surface area (Å²) in [5.41, 5.74) is 3.26. The van der Waals surface area contributed by atoms with Gasteiger partial charge in [-0.1, -0.05) is 0 Å². The molecule has 0 bridgehead atoms. The van der Waals surface area contributed by atoms with Crippen LogP contribution in [0, 0.1) is 13.8 Å². The number of carbonyl (C=O) groups is 1. The van der Waals surface area contributed by atoms with Crippen LogP contribution < -0.4 is 10.2 Å². The summed E-state index contributed by atoms with van der Waals surface area (Å²) < 4.78 is 1.76. The summed E-state index contributed by atoms with van der Waals surface area (Å²) in [4.78, 5) is 21.0. The lowest BCUT2D eigenvalue weighted by atomic mass is 10.1. The van der Waals surface area contributed by atoms with E-state index < -0.39 is 0 Å². The Morgan fingerprint density at radius 1 is 1.07 bits per heavy atom. The molecule has 1 aliphatic rings. The monoisotopic (exact) mass is 392 g/mol. The van der Waals surface area contributed by atoms with Gasteiger partial charge in [0.2, 0.25) is 0 Å². The third-order valence-electron chi connectivity index (χ3n) is 5.20. The fourth-order valence-corrected chi connectivity index (χ4v) is 3.53. The van der Waals surface area contributed by atoms with Crippen LogP contribution in [0.25, 0.3) is 0 Å². The maximum absolute atomic E-state index is 12.9. The lowest BCUT2D eigenvalue weighted by Gasteiger charge is -2.35. The van der Waals surface area contributed by atoms with Crippen LogP contribution >= 0.6 is 0 Å². The number of aromatic nitrogens is 5. The van der Waals surface area contributed by atoms with Crippen LogP contribution in [-0.2, 0) is 7.05 Å². The van der Waals surface area contributed by atoms with Crippen LogP contribution in [0.2, 0.25) is 0 Å². The molecule has 1 fully saturated rings. The average molecular weight is 392 g/mol. The number of aryl methyl sites for hydroxylation is 2. The highest BCUT2D eigenvalue weighted by Crippen LogP contribution is 2.19. The summed E-state index contributed by atoms with van der Waals surface area (Å²) in [5, 5.41) is 16.1. The molecule has 4 heterocycles. The van der Waals surface area contributed by atoms with Crippen molar-refractivity contribution in [3.63, 3.8) is 0 Å². The van der Waals surface area contributed by atoms with Crippen LogP contribution in [0.15, 0.2) is 36.7 Å². The van der Waals surface area contributed by atoms with Gasteiger partial charge in [0.15, 0.2) is 11.6 Å². The van der Waals surface area contributed by atoms with Gasteiger partial charge in [0, 0.05) is 45.1 Å². The molecule has 0 radical (unpaired) electrons. The molecule has 3 aromatic heterocycles. The largest absolute Gasteiger partial charge is 0.352 e. The van der Waals surface area contributed by atoms with Crippen molar-refractivity contribution in [3.05, 3.63) is 53.6 Å². The minimum absolute atomic E-state index is 0.0508. The van der Waals surface area contributed by atoms with Crippen LogP contribution in [0.5, 0.6) is 0 Å². The van der Waals surface area contributed by atoms with E-state index in [9.17, 15) is 4.79 Å². The molecule has 1 N–H and O–H groups in total. The first-order valence-corrected chi connectivity index (χ1v) is 9.58. The van der Waals surface area contributed by atoms with E-state index in [0.717, 1.165) is 22.9 Å². The van der Waals surface area contributed by atoms with Crippen LogP contribution in [0.4, 0.5) is 17.3 Å². The predicted molar refractivity (Wildman–Crippen MR) is 110 cm³/mol. The second-order valence-corrected chi connectivity index (χ2v) is 7.09. The summed E-state index contributed by atoms with van der Waals surface area (Å²) in [6.07, 6.45) is 3.46. The Balaban J connectivity index is 1.37. The first-order valence-electron chi connectivity index (χ1n) is 9.58. The van der Waals surface area contributed by atoms with Crippen LogP contribution in [-0.4, -0.2) is 61.9 Å². The average Bonchev–Trinajstić information content (AvgIpc) is 3.00. The molecule has 3 aromatic rings. The molecule has 0 saturated carbocycles. The Labute approximate surface area is 169 Å². The number of carbonyl (C=O) groups excluding carboxylic acids is 1. The number of amides is 1. The van der Waals surface area contributed by atoms with Gasteiger partial charge >= 0.3 is 0 Å². The van der Waals surface area contributed by atoms with Gasteiger partial charge in [0.1, 0.15) is 0 Å². The number of hydrogen-bond donors (Lipinski definition) is 1. The van der Waals surface area contributed by atoms with E-state index in [4.69, 9.17) is 0 Å². The first-order chi connectivity index (χ1) is 14.0. The smallest absolute Gasteiger partial charge is 0.257 e. The number of nitrogens with zero attached hydrogens (tertiary/aromatic N) is 7. The minimum atomic E-state index is 0.0508. The number of pyridine rings is 1. The lowest BCUT2D eigenvalue weighted by Crippen LogP contribution is -2.49. The number of nitrogens with one attached hydrogen (secondary N) is 1. The summed E-state index contributed by atoms with van der Waals surface area (Å²) in [6, 6.07) is 7.62. The maximum Gasteiger partial charge on any atom is 0.257 e. The number of hydrogen-bond acceptors (Lipinski definition) is 7. The Hall–Kier alpha value is -3.49. The van der Waals surface area contributed by atoms with Gasteiger partial charge in [-0.3, -0.25) is 14.5 Å². The van der Waals surface area contributed by atoms with E-state index in [1.807, 2.05) is 50.1 Å². The summed E-state index contributed by atoms with van der Waals surface area (Å²) in [6.45, 7) is 6.53. The Morgan fingerprint density at radius 2 is 1.86 bits per heavy atom. The molecular formula is C20H24N8O. The van der Waals surface area contributed by atoms with E-state index in [1.165, 1.54) is 0 Å². The SMILES string of the molecule is Cc1nn(C)c(C)c1C(=O)N1CCN(c2ccc(Nc3cccnc3)nn2)CC1. The second-order valence-electron chi connectivity index (χ2n) is 7.09. The maximum atomic E-state index is 12.9. The van der Waals surface area contributed by atoms with Crippen molar-refractivity contribution < 1.29 is 4.79 Å². The summed E-state index contributed by atoms with van der Waals surface area (Å²) >= 11 is 0. The molecule has 0 aliphatic carbocycles. The second kappa shape index (κ2) is 7.86. The van der Waals surface area contributed by atoms with Crippen molar-refractivity contribution in [1.29, 1.82) is 0 Å². The molecule has 0 atom stereocenters. The van der Waals surface area contributed by atoms with E-state index in [2.05, 4.69) is 30.5 Å². The molecule has 150 valence electrons. The number of anilines is 3. The van der Waals surface area contributed by atoms with Crippen molar-refractivity contribution in [2.45, 2.75) is 13.8 Å². The van der Waals surface area contributed by atoms with E-state index >= 15 is 0 Å². The van der Waals surface area contributed by atoms with E-state index in [0.29, 0.717) is 37.6 Å². The fraction of sp³-hybridized carbons (Fsp3) is 0.350. The van der Waals surface area contributed by atoms with Gasteiger partial charge < -0.3 is 15.1 Å². The molecule has 1 saturated heterocycles. The minimum Gasteiger partial charge on any atom is -0.352 e. The molecule has 1 amide bonds. The van der Waals surface area contributed by atoms with Crippen LogP contribution in [0.3, 0.4) is 0 Å². The highest BCUT2D eigenvalue weighted by Gasteiger charge is 2.27. The third-order valence-corrected chi connectivity index (χ3v) is 5.20. The Morgan fingerprint density at radius 3 is 2.45 bits per heavy atom. The Bertz CT molecular complexity index is 991. The molecule has 29 heavy (non-hydrogen) atoms. The Kier molecular flexibility index (Phi) is 5.11. The van der Waals surface area contributed by atoms with Crippen molar-refractivity contribution in [2.75, 3.05) is 36.4 Å². The zero-order chi connectivity index (χ0) is 20.4. The van der Waals surface area contributed by atoms with E-state index in [-0.39, 0.29) is 5.91 Å². The molecule has 0 spiro atoms. The number of rotatable bonds is 4. The molecular weight excluding hydrogens is 368 g/mol. The zero-order valence-corrected chi connectivity index (χ0v) is 16.8. The molecule has 0 unspecified atom stereocenters. The molecule has 0 aromatic carbocycles. The molecule has 9 heteroatoms. The van der Waals surface area contributed by atoms with Gasteiger partial charge in [-0.15, -0.1) is 10.2 Å². The number of piperazine rings is 1. The zero-order valence-electron chi connectivity index (χ0n) is 16.8. The molecule has 1 aliphatic heterocycles. The first kappa shape index (κ1) is 18.9. The topological polar surface area (TPSA) is 92.1 Å². The lowest BCUT2D eigenvalue weighted by molar-refractivity contribution is 0.0745. The summed E-state index contributed by atoms with van der Waals surface area (Å²) in [5.74, 6) is 1.52. The molecule has 4 rings (SSSR count). The van der Waals surface area contributed by atoms with Gasteiger partial charge in [-0.2, -0.15) is 5.10 Å². The van der Waals surface area contributed by atoms with Crippen LogP contribution in [0.1, 0.15) is 21.7 Å². The molecule has 9 nitrogen and oxygen atoms in total. The highest BCUT2D eigenvalue weighted by atomic mass is 16.2. The van der Waals surface area contributed by atoms with Gasteiger partial charge in [-0.25, -0.2) is 0 Å². The van der Waals surface area contributed by atoms with Crippen molar-refractivity contribution in [1.82, 2.24) is 29.9 Å². The summed E-state index contributed by atoms with van der Waals surface area (Å²) in [7, 11) is 1.86. The highest BCUT2D eigenvalue weighted by molar-refractivity contribution is 5.96. The predicted octanol–water partition coefficient (Wildman–Crippen LogP) is 1.93. The van der Waals surface area contributed by atoms with Crippen molar-refractivity contribution >= 4 is 23.2 Å². The quantitative estimate of drug-likeness (QED) is 0.725. The normalized spacial score (nSPS) is 14.2. The van der Waals surface area contributed by atoms with Gasteiger partial charge in [-0.05, 0) is 38.1 Å². The third kappa shape index (κ3) is 3.89. The van der Waals surface area contributed by atoms with Gasteiger partial charge in [0.05, 0.1) is 23.1 Å². The standard InChI is InChI=1S/C20H24N8O/c1-14-19(15(2)26(3)25-14)20(29)28-11-9-27(10-12-28)18-7-6-17(23-24-18)22-16-5-4-8-21-13-16/h4-8,13H,9-12H2,1-3H3,(H,22,23). The van der Waals surface area contributed by atoms with Crippen molar-refractivity contribution in [3.8, 4) is 0 Å². The van der Waals surface area contributed by atoms with E-state index in [1.54, 1.807) is 17.1 Å². The fourth-order valence-electron chi connectivity index (χ4n) is 3.53. The van der Waals surface area contributed by atoms with Gasteiger partial charge in [0.25, 0.3) is 5.91 Å². The van der Waals surface area contributed by atoms with Crippen molar-refractivity contribution in [2.24, 2.45) is 7.05 Å².